The van der Waals surface area contributed by atoms with Gasteiger partial charge in [0.25, 0.3) is 0 Å². The number of hydrogen-bond acceptors (Lipinski definition) is 2. The maximum Gasteiger partial charge on any atom is 0.315 e. The van der Waals surface area contributed by atoms with Crippen LogP contribution in [0.5, 0.6) is 0 Å². The third-order valence-corrected chi connectivity index (χ3v) is 3.21. The van der Waals surface area contributed by atoms with Crippen molar-refractivity contribution in [3.8, 4) is 0 Å². The summed E-state index contributed by atoms with van der Waals surface area (Å²) in [5, 5.41) is 5.70. The van der Waals surface area contributed by atoms with Crippen molar-refractivity contribution in [3.05, 3.63) is 21.9 Å². The molecule has 1 atom stereocenters. The summed E-state index contributed by atoms with van der Waals surface area (Å²) in [6.07, 6.45) is 0.950. The molecule has 1 unspecified atom stereocenters. The quantitative estimate of drug-likeness (QED) is 0.814. The molecular formula is C11H18N2OS. The molecule has 1 aromatic heterocycles. The van der Waals surface area contributed by atoms with Crippen LogP contribution < -0.4 is 10.6 Å². The molecule has 0 aliphatic rings. The van der Waals surface area contributed by atoms with Crippen LogP contribution in [-0.4, -0.2) is 12.1 Å². The van der Waals surface area contributed by atoms with E-state index >= 15 is 0 Å². The third kappa shape index (κ3) is 4.34. The minimum absolute atomic E-state index is 0.0876. The lowest BCUT2D eigenvalue weighted by atomic mass is 10.3. The fourth-order valence-electron chi connectivity index (χ4n) is 1.12. The normalized spacial score (nSPS) is 12.2. The molecular weight excluding hydrogens is 208 g/mol. The van der Waals surface area contributed by atoms with Gasteiger partial charge in [-0.05, 0) is 32.4 Å². The predicted molar refractivity (Wildman–Crippen MR) is 64.2 cm³/mol. The molecule has 2 amide bonds. The van der Waals surface area contributed by atoms with Gasteiger partial charge in [0.1, 0.15) is 0 Å². The van der Waals surface area contributed by atoms with E-state index in [-0.39, 0.29) is 12.1 Å². The highest BCUT2D eigenvalue weighted by molar-refractivity contribution is 7.11. The average Bonchev–Trinajstić information content (AvgIpc) is 2.61. The monoisotopic (exact) mass is 226 g/mol. The summed E-state index contributed by atoms with van der Waals surface area (Å²) in [6.45, 7) is 6.72. The molecule has 0 saturated heterocycles. The number of aryl methyl sites for hydroxylation is 1. The molecule has 84 valence electrons. The van der Waals surface area contributed by atoms with Gasteiger partial charge in [0.05, 0.1) is 6.54 Å². The Morgan fingerprint density at radius 2 is 2.27 bits per heavy atom. The number of amides is 2. The minimum atomic E-state index is -0.0876. The van der Waals surface area contributed by atoms with Crippen LogP contribution >= 0.6 is 11.3 Å². The van der Waals surface area contributed by atoms with Crippen molar-refractivity contribution in [2.24, 2.45) is 0 Å². The lowest BCUT2D eigenvalue weighted by Crippen LogP contribution is -2.39. The van der Waals surface area contributed by atoms with E-state index in [0.717, 1.165) is 6.42 Å². The fourth-order valence-corrected chi connectivity index (χ4v) is 1.95. The van der Waals surface area contributed by atoms with Crippen LogP contribution in [0.25, 0.3) is 0 Å². The Balaban J connectivity index is 2.28. The maximum absolute atomic E-state index is 11.4. The Morgan fingerprint density at radius 1 is 1.53 bits per heavy atom. The first-order valence-corrected chi connectivity index (χ1v) is 6.03. The second kappa shape index (κ2) is 5.75. The predicted octanol–water partition coefficient (Wildman–Crippen LogP) is 2.65. The number of urea groups is 1. The first kappa shape index (κ1) is 12.0. The van der Waals surface area contributed by atoms with Crippen molar-refractivity contribution in [1.29, 1.82) is 0 Å². The van der Waals surface area contributed by atoms with E-state index in [0.29, 0.717) is 6.54 Å². The highest BCUT2D eigenvalue weighted by atomic mass is 32.1. The summed E-state index contributed by atoms with van der Waals surface area (Å²) in [5.74, 6) is 0. The van der Waals surface area contributed by atoms with Gasteiger partial charge in [-0.25, -0.2) is 4.79 Å². The van der Waals surface area contributed by atoms with E-state index in [1.165, 1.54) is 9.75 Å². The van der Waals surface area contributed by atoms with Gasteiger partial charge in [0, 0.05) is 15.8 Å². The van der Waals surface area contributed by atoms with E-state index in [2.05, 4.69) is 23.6 Å². The average molecular weight is 226 g/mol. The molecule has 1 rings (SSSR count). The second-order valence-corrected chi connectivity index (χ2v) is 5.02. The molecule has 3 nitrogen and oxygen atoms in total. The van der Waals surface area contributed by atoms with Crippen molar-refractivity contribution in [1.82, 2.24) is 10.6 Å². The number of carbonyl (C=O) groups excluding carboxylic acids is 1. The van der Waals surface area contributed by atoms with Gasteiger partial charge < -0.3 is 10.6 Å². The Bertz CT molecular complexity index is 322. The van der Waals surface area contributed by atoms with Crippen molar-refractivity contribution in [2.75, 3.05) is 0 Å². The molecule has 0 aliphatic carbocycles. The number of hydrogen-bond donors (Lipinski definition) is 2. The summed E-state index contributed by atoms with van der Waals surface area (Å²) in [6, 6.07) is 4.25. The van der Waals surface area contributed by atoms with Crippen LogP contribution in [0.1, 0.15) is 30.0 Å². The largest absolute Gasteiger partial charge is 0.336 e. The molecule has 2 N–H and O–H groups in total. The first-order chi connectivity index (χ1) is 7.11. The van der Waals surface area contributed by atoms with E-state index < -0.39 is 0 Å². The van der Waals surface area contributed by atoms with Crippen LogP contribution in [-0.2, 0) is 6.54 Å². The van der Waals surface area contributed by atoms with Gasteiger partial charge in [-0.2, -0.15) is 0 Å². The van der Waals surface area contributed by atoms with Crippen LogP contribution in [0.3, 0.4) is 0 Å². The van der Waals surface area contributed by atoms with E-state index in [1.54, 1.807) is 11.3 Å². The topological polar surface area (TPSA) is 41.1 Å². The molecule has 0 fully saturated rings. The smallest absolute Gasteiger partial charge is 0.315 e. The number of carbonyl (C=O) groups is 1. The van der Waals surface area contributed by atoms with Crippen LogP contribution in [0.4, 0.5) is 4.79 Å². The zero-order valence-corrected chi connectivity index (χ0v) is 10.3. The van der Waals surface area contributed by atoms with Gasteiger partial charge >= 0.3 is 6.03 Å². The lowest BCUT2D eigenvalue weighted by Gasteiger charge is -2.11. The highest BCUT2D eigenvalue weighted by Gasteiger charge is 2.04. The molecule has 1 aromatic rings. The number of rotatable bonds is 4. The summed E-state index contributed by atoms with van der Waals surface area (Å²) >= 11 is 1.71. The van der Waals surface area contributed by atoms with Crippen LogP contribution in [0.2, 0.25) is 0 Å². The fraction of sp³-hybridized carbons (Fsp3) is 0.545. The van der Waals surface area contributed by atoms with E-state index in [4.69, 9.17) is 0 Å². The molecule has 1 heterocycles. The molecule has 0 saturated carbocycles. The van der Waals surface area contributed by atoms with E-state index in [9.17, 15) is 4.79 Å². The zero-order valence-electron chi connectivity index (χ0n) is 9.46. The lowest BCUT2D eigenvalue weighted by molar-refractivity contribution is 0.237. The van der Waals surface area contributed by atoms with Crippen molar-refractivity contribution < 1.29 is 4.79 Å². The second-order valence-electron chi connectivity index (χ2n) is 3.65. The SMILES string of the molecule is CCC(C)NC(=O)NCc1ccc(C)s1. The van der Waals surface area contributed by atoms with Gasteiger partial charge in [-0.15, -0.1) is 11.3 Å². The Kier molecular flexibility index (Phi) is 4.62. The summed E-state index contributed by atoms with van der Waals surface area (Å²) < 4.78 is 0. The van der Waals surface area contributed by atoms with Crippen molar-refractivity contribution in [2.45, 2.75) is 39.8 Å². The molecule has 4 heteroatoms. The first-order valence-electron chi connectivity index (χ1n) is 5.21. The van der Waals surface area contributed by atoms with Gasteiger partial charge in [-0.3, -0.25) is 0 Å². The highest BCUT2D eigenvalue weighted by Crippen LogP contribution is 2.14. The Labute approximate surface area is 94.9 Å². The molecule has 0 bridgehead atoms. The van der Waals surface area contributed by atoms with Crippen molar-refractivity contribution >= 4 is 17.4 Å². The summed E-state index contributed by atoms with van der Waals surface area (Å²) in [7, 11) is 0. The Morgan fingerprint density at radius 3 is 2.80 bits per heavy atom. The molecule has 0 radical (unpaired) electrons. The number of thiophene rings is 1. The van der Waals surface area contributed by atoms with Crippen LogP contribution in [0.15, 0.2) is 12.1 Å². The molecule has 0 spiro atoms. The summed E-state index contributed by atoms with van der Waals surface area (Å²) in [4.78, 5) is 13.8. The van der Waals surface area contributed by atoms with Gasteiger partial charge in [-0.1, -0.05) is 6.92 Å². The third-order valence-electron chi connectivity index (χ3n) is 2.21. The summed E-state index contributed by atoms with van der Waals surface area (Å²) in [5.41, 5.74) is 0. The van der Waals surface area contributed by atoms with Crippen LogP contribution in [0, 0.1) is 6.92 Å². The standard InChI is InChI=1S/C11H18N2OS/c1-4-8(2)13-11(14)12-7-10-6-5-9(3)15-10/h5-6,8H,4,7H2,1-3H3,(H2,12,13,14). The molecule has 0 aliphatic heterocycles. The maximum atomic E-state index is 11.4. The van der Waals surface area contributed by atoms with E-state index in [1.807, 2.05) is 19.9 Å². The number of nitrogens with one attached hydrogen (secondary N) is 2. The van der Waals surface area contributed by atoms with Gasteiger partial charge in [0.2, 0.25) is 0 Å². The van der Waals surface area contributed by atoms with Crippen molar-refractivity contribution in [3.63, 3.8) is 0 Å². The molecule has 0 aromatic carbocycles. The zero-order chi connectivity index (χ0) is 11.3. The molecule has 15 heavy (non-hydrogen) atoms. The Hall–Kier alpha value is -1.03. The van der Waals surface area contributed by atoms with Gasteiger partial charge in [0.15, 0.2) is 0 Å². The minimum Gasteiger partial charge on any atom is -0.336 e.